The maximum atomic E-state index is 11.9. The van der Waals surface area contributed by atoms with E-state index in [-0.39, 0.29) is 0 Å². The van der Waals surface area contributed by atoms with E-state index >= 15 is 0 Å². The number of thiophene rings is 1. The van der Waals surface area contributed by atoms with Crippen LogP contribution in [0, 0.1) is 0 Å². The molecule has 0 bridgehead atoms. The van der Waals surface area contributed by atoms with Crippen molar-refractivity contribution in [3.8, 4) is 0 Å². The van der Waals surface area contributed by atoms with Gasteiger partial charge in [0.25, 0.3) is 0 Å². The monoisotopic (exact) mass is 353 g/mol. The van der Waals surface area contributed by atoms with Crippen LogP contribution in [-0.2, 0) is 16.4 Å². The summed E-state index contributed by atoms with van der Waals surface area (Å²) in [6.45, 7) is 2.56. The van der Waals surface area contributed by atoms with Crippen molar-refractivity contribution >= 4 is 37.3 Å². The zero-order valence-electron chi connectivity index (χ0n) is 10.6. The maximum absolute atomic E-state index is 11.9. The molecule has 0 aliphatic carbocycles. The summed E-state index contributed by atoms with van der Waals surface area (Å²) in [7, 11) is -3.28. The SMILES string of the molecule is CCc1ccc(S(=O)(=O)NCCCCCCBr)s1. The lowest BCUT2D eigenvalue weighted by molar-refractivity contribution is 0.576. The van der Waals surface area contributed by atoms with Gasteiger partial charge in [0.15, 0.2) is 0 Å². The fourth-order valence-electron chi connectivity index (χ4n) is 1.54. The zero-order valence-corrected chi connectivity index (χ0v) is 13.8. The molecule has 6 heteroatoms. The fourth-order valence-corrected chi connectivity index (χ4v) is 4.35. The average Bonchev–Trinajstić information content (AvgIpc) is 2.83. The molecular weight excluding hydrogens is 334 g/mol. The van der Waals surface area contributed by atoms with E-state index in [1.807, 2.05) is 13.0 Å². The van der Waals surface area contributed by atoms with Gasteiger partial charge in [0.2, 0.25) is 10.0 Å². The highest BCUT2D eigenvalue weighted by Crippen LogP contribution is 2.21. The van der Waals surface area contributed by atoms with Crippen molar-refractivity contribution in [3.63, 3.8) is 0 Å². The van der Waals surface area contributed by atoms with Gasteiger partial charge in [-0.1, -0.05) is 35.7 Å². The Hall–Kier alpha value is 0.0900. The Labute approximate surface area is 122 Å². The third-order valence-electron chi connectivity index (χ3n) is 2.60. The van der Waals surface area contributed by atoms with Gasteiger partial charge in [-0.2, -0.15) is 0 Å². The number of unbranched alkanes of at least 4 members (excludes halogenated alkanes) is 3. The quantitative estimate of drug-likeness (QED) is 0.545. The average molecular weight is 354 g/mol. The summed E-state index contributed by atoms with van der Waals surface area (Å²) >= 11 is 4.73. The molecule has 0 amide bonds. The summed E-state index contributed by atoms with van der Waals surface area (Å²) in [4.78, 5) is 1.10. The Morgan fingerprint density at radius 3 is 2.56 bits per heavy atom. The molecule has 1 N–H and O–H groups in total. The third kappa shape index (κ3) is 5.38. The molecule has 0 atom stereocenters. The number of sulfonamides is 1. The molecule has 0 spiro atoms. The zero-order chi connectivity index (χ0) is 13.4. The van der Waals surface area contributed by atoms with Crippen molar-refractivity contribution in [1.29, 1.82) is 0 Å². The molecule has 0 aliphatic rings. The number of halogens is 1. The van der Waals surface area contributed by atoms with Crippen molar-refractivity contribution in [3.05, 3.63) is 17.0 Å². The number of hydrogen-bond acceptors (Lipinski definition) is 3. The van der Waals surface area contributed by atoms with Crippen molar-refractivity contribution in [2.75, 3.05) is 11.9 Å². The van der Waals surface area contributed by atoms with Crippen LogP contribution in [0.1, 0.15) is 37.5 Å². The van der Waals surface area contributed by atoms with E-state index in [1.54, 1.807) is 6.07 Å². The molecular formula is C12H20BrNO2S2. The lowest BCUT2D eigenvalue weighted by atomic mass is 10.2. The third-order valence-corrected chi connectivity index (χ3v) is 6.35. The van der Waals surface area contributed by atoms with Crippen LogP contribution >= 0.6 is 27.3 Å². The van der Waals surface area contributed by atoms with Crippen LogP contribution < -0.4 is 4.72 Å². The smallest absolute Gasteiger partial charge is 0.210 e. The Morgan fingerprint density at radius 1 is 1.22 bits per heavy atom. The normalized spacial score (nSPS) is 11.9. The Bertz CT molecular complexity index is 443. The molecule has 0 aromatic carbocycles. The van der Waals surface area contributed by atoms with Crippen molar-refractivity contribution in [2.45, 2.75) is 43.2 Å². The number of nitrogens with one attached hydrogen (secondary N) is 1. The molecule has 0 unspecified atom stereocenters. The molecule has 18 heavy (non-hydrogen) atoms. The summed E-state index contributed by atoms with van der Waals surface area (Å²) in [6.07, 6.45) is 5.15. The standard InChI is InChI=1S/C12H20BrNO2S2/c1-2-11-7-8-12(17-11)18(15,16)14-10-6-4-3-5-9-13/h7-8,14H,2-6,9-10H2,1H3. The molecule has 1 heterocycles. The predicted octanol–water partition coefficient (Wildman–Crippen LogP) is 3.54. The summed E-state index contributed by atoms with van der Waals surface area (Å²) in [6, 6.07) is 3.58. The number of rotatable bonds is 9. The predicted molar refractivity (Wildman–Crippen MR) is 81.1 cm³/mol. The molecule has 0 aliphatic heterocycles. The van der Waals surface area contributed by atoms with Crippen LogP contribution in [0.5, 0.6) is 0 Å². The molecule has 104 valence electrons. The van der Waals surface area contributed by atoms with E-state index in [9.17, 15) is 8.42 Å². The van der Waals surface area contributed by atoms with E-state index in [0.29, 0.717) is 10.8 Å². The Morgan fingerprint density at radius 2 is 1.94 bits per heavy atom. The van der Waals surface area contributed by atoms with Crippen LogP contribution in [-0.4, -0.2) is 20.3 Å². The first-order valence-electron chi connectivity index (χ1n) is 6.24. The number of hydrogen-bond donors (Lipinski definition) is 1. The first-order valence-corrected chi connectivity index (χ1v) is 9.66. The molecule has 0 saturated heterocycles. The van der Waals surface area contributed by atoms with Crippen LogP contribution in [0.2, 0.25) is 0 Å². The van der Waals surface area contributed by atoms with Crippen molar-refractivity contribution in [1.82, 2.24) is 4.72 Å². The van der Waals surface area contributed by atoms with Gasteiger partial charge in [-0.25, -0.2) is 13.1 Å². The second-order valence-corrected chi connectivity index (χ2v) is 8.03. The van der Waals surface area contributed by atoms with Crippen molar-refractivity contribution in [2.24, 2.45) is 0 Å². The maximum Gasteiger partial charge on any atom is 0.250 e. The first-order chi connectivity index (χ1) is 8.60. The molecule has 1 aromatic heterocycles. The summed E-state index contributed by atoms with van der Waals surface area (Å²) in [5.41, 5.74) is 0. The number of alkyl halides is 1. The highest BCUT2D eigenvalue weighted by atomic mass is 79.9. The van der Waals surface area contributed by atoms with E-state index in [4.69, 9.17) is 0 Å². The van der Waals surface area contributed by atoms with Crippen molar-refractivity contribution < 1.29 is 8.42 Å². The van der Waals surface area contributed by atoms with Gasteiger partial charge in [-0.05, 0) is 31.4 Å². The number of aryl methyl sites for hydroxylation is 1. The molecule has 1 rings (SSSR count). The van der Waals surface area contributed by atoms with E-state index in [1.165, 1.54) is 11.3 Å². The minimum Gasteiger partial charge on any atom is -0.210 e. The van der Waals surface area contributed by atoms with Gasteiger partial charge in [0, 0.05) is 16.8 Å². The van der Waals surface area contributed by atoms with Gasteiger partial charge in [0.1, 0.15) is 4.21 Å². The van der Waals surface area contributed by atoms with Gasteiger partial charge in [-0.15, -0.1) is 11.3 Å². The highest BCUT2D eigenvalue weighted by molar-refractivity contribution is 9.09. The summed E-state index contributed by atoms with van der Waals surface area (Å²) < 4.78 is 27.0. The lowest BCUT2D eigenvalue weighted by Crippen LogP contribution is -2.23. The van der Waals surface area contributed by atoms with E-state index < -0.39 is 10.0 Å². The Kier molecular flexibility index (Phi) is 7.44. The minimum atomic E-state index is -3.28. The molecule has 0 saturated carbocycles. The second-order valence-electron chi connectivity index (χ2n) is 4.08. The van der Waals surface area contributed by atoms with Crippen LogP contribution in [0.3, 0.4) is 0 Å². The van der Waals surface area contributed by atoms with E-state index in [2.05, 4.69) is 20.7 Å². The highest BCUT2D eigenvalue weighted by Gasteiger charge is 2.15. The first kappa shape index (κ1) is 16.1. The largest absolute Gasteiger partial charge is 0.250 e. The van der Waals surface area contributed by atoms with Crippen LogP contribution in [0.25, 0.3) is 0 Å². The minimum absolute atomic E-state index is 0.430. The van der Waals surface area contributed by atoms with Crippen LogP contribution in [0.15, 0.2) is 16.3 Å². The van der Waals surface area contributed by atoms with E-state index in [0.717, 1.165) is 42.3 Å². The molecule has 0 fully saturated rings. The second kappa shape index (κ2) is 8.30. The van der Waals surface area contributed by atoms with Gasteiger partial charge in [-0.3, -0.25) is 0 Å². The topological polar surface area (TPSA) is 46.2 Å². The van der Waals surface area contributed by atoms with Gasteiger partial charge in [0.05, 0.1) is 0 Å². The summed E-state index contributed by atoms with van der Waals surface area (Å²) in [5, 5.41) is 1.02. The molecule has 0 radical (unpaired) electrons. The molecule has 3 nitrogen and oxygen atoms in total. The fraction of sp³-hybridized carbons (Fsp3) is 0.667. The Balaban J connectivity index is 2.36. The van der Waals surface area contributed by atoms with Gasteiger partial charge < -0.3 is 0 Å². The van der Waals surface area contributed by atoms with Crippen LogP contribution in [0.4, 0.5) is 0 Å². The summed E-state index contributed by atoms with van der Waals surface area (Å²) in [5.74, 6) is 0. The molecule has 1 aromatic rings. The lowest BCUT2D eigenvalue weighted by Gasteiger charge is -2.04. The van der Waals surface area contributed by atoms with Gasteiger partial charge >= 0.3 is 0 Å².